The van der Waals surface area contributed by atoms with Crippen molar-refractivity contribution in [2.24, 2.45) is 11.8 Å². The lowest BCUT2D eigenvalue weighted by Crippen LogP contribution is -2.47. The Labute approximate surface area is 160 Å². The Morgan fingerprint density at radius 1 is 1.04 bits per heavy atom. The summed E-state index contributed by atoms with van der Waals surface area (Å²) in [5.74, 6) is -7.89. The van der Waals surface area contributed by atoms with Gasteiger partial charge in [0.2, 0.25) is 0 Å². The Morgan fingerprint density at radius 2 is 1.64 bits per heavy atom. The van der Waals surface area contributed by atoms with Crippen molar-refractivity contribution in [1.82, 2.24) is 0 Å². The van der Waals surface area contributed by atoms with Gasteiger partial charge in [-0.05, 0) is 38.5 Å². The second-order valence-electron chi connectivity index (χ2n) is 7.10. The van der Waals surface area contributed by atoms with E-state index in [0.717, 1.165) is 12.8 Å². The van der Waals surface area contributed by atoms with Gasteiger partial charge in [0.1, 0.15) is 6.10 Å². The van der Waals surface area contributed by atoms with Crippen LogP contribution in [0.1, 0.15) is 38.5 Å². The van der Waals surface area contributed by atoms with E-state index in [2.05, 4.69) is 17.4 Å². The number of ether oxygens (including phenoxy) is 3. The second-order valence-corrected chi connectivity index (χ2v) is 7.10. The van der Waals surface area contributed by atoms with Crippen LogP contribution in [0.4, 0.5) is 22.0 Å². The summed E-state index contributed by atoms with van der Waals surface area (Å²) in [6.45, 7) is 4.66. The summed E-state index contributed by atoms with van der Waals surface area (Å²) in [5.41, 5.74) is 0. The molecular weight excluding hydrogens is 387 g/mol. The topological polar surface area (TPSA) is 44.8 Å². The number of hydrogen-bond donors (Lipinski definition) is 0. The number of hydrogen-bond acceptors (Lipinski definition) is 4. The average molecular weight is 412 g/mol. The molecule has 2 rings (SSSR count). The molecule has 0 aromatic rings. The number of allylic oxidation sites excluding steroid dienone is 2. The fourth-order valence-corrected chi connectivity index (χ4v) is 3.24. The van der Waals surface area contributed by atoms with Gasteiger partial charge in [-0.25, -0.2) is 4.79 Å². The van der Waals surface area contributed by atoms with E-state index in [1.54, 1.807) is 0 Å². The van der Waals surface area contributed by atoms with Gasteiger partial charge in [0.25, 0.3) is 0 Å². The Morgan fingerprint density at radius 3 is 2.18 bits per heavy atom. The van der Waals surface area contributed by atoms with Crippen LogP contribution in [0.2, 0.25) is 0 Å². The lowest BCUT2D eigenvalue weighted by molar-refractivity contribution is -0.283. The summed E-state index contributed by atoms with van der Waals surface area (Å²) in [7, 11) is 0. The fraction of sp³-hybridized carbons (Fsp3) is 0.737. The number of carbonyl (C=O) groups excluding carboxylic acids is 1. The smallest absolute Gasteiger partial charge is 0.458 e. The quantitative estimate of drug-likeness (QED) is 0.261. The molecule has 9 heteroatoms. The molecule has 1 saturated carbocycles. The third-order valence-corrected chi connectivity index (χ3v) is 4.88. The van der Waals surface area contributed by atoms with E-state index in [-0.39, 0.29) is 24.7 Å². The van der Waals surface area contributed by atoms with Gasteiger partial charge in [0.15, 0.2) is 6.29 Å². The summed E-state index contributed by atoms with van der Waals surface area (Å²) in [6, 6.07) is 0. The molecule has 0 atom stereocenters. The Kier molecular flexibility index (Phi) is 8.00. The zero-order valence-corrected chi connectivity index (χ0v) is 15.4. The fourth-order valence-electron chi connectivity index (χ4n) is 3.24. The van der Waals surface area contributed by atoms with Gasteiger partial charge < -0.3 is 14.2 Å². The third kappa shape index (κ3) is 6.01. The molecule has 4 nitrogen and oxygen atoms in total. The SMILES string of the molecule is C=CCC/C=C/C1COC(C2CCC(OC(=O)C(F)(F)C(F)(F)F)CC2)OC1. The molecule has 160 valence electrons. The van der Waals surface area contributed by atoms with Crippen molar-refractivity contribution in [1.29, 1.82) is 0 Å². The molecule has 0 bridgehead atoms. The Hall–Kier alpha value is -1.48. The number of halogens is 5. The lowest BCUT2D eigenvalue weighted by atomic mass is 9.86. The highest BCUT2D eigenvalue weighted by Crippen LogP contribution is 2.38. The maximum absolute atomic E-state index is 13.0. The molecule has 1 aliphatic heterocycles. The molecule has 1 heterocycles. The van der Waals surface area contributed by atoms with Crippen LogP contribution >= 0.6 is 0 Å². The standard InChI is InChI=1S/C19H25F5O4/c1-2-3-4-5-6-13-11-26-16(27-12-13)14-7-9-15(10-8-14)28-17(25)18(20,21)19(22,23)24/h2,5-6,13-16H,1,3-4,7-12H2/b6-5+. The molecule has 0 aromatic carbocycles. The van der Waals surface area contributed by atoms with Gasteiger partial charge >= 0.3 is 18.1 Å². The predicted molar refractivity (Wildman–Crippen MR) is 90.6 cm³/mol. The van der Waals surface area contributed by atoms with Crippen molar-refractivity contribution < 1.29 is 41.0 Å². The van der Waals surface area contributed by atoms with Crippen molar-refractivity contribution in [2.75, 3.05) is 13.2 Å². The van der Waals surface area contributed by atoms with E-state index in [4.69, 9.17) is 9.47 Å². The maximum atomic E-state index is 13.0. The highest BCUT2D eigenvalue weighted by Gasteiger charge is 2.65. The minimum atomic E-state index is -5.96. The Balaban J connectivity index is 1.72. The minimum Gasteiger partial charge on any atom is -0.458 e. The van der Waals surface area contributed by atoms with Gasteiger partial charge in [-0.1, -0.05) is 18.2 Å². The maximum Gasteiger partial charge on any atom is 0.465 e. The summed E-state index contributed by atoms with van der Waals surface area (Å²) < 4.78 is 78.4. The van der Waals surface area contributed by atoms with Crippen molar-refractivity contribution in [2.45, 2.75) is 63.0 Å². The molecule has 1 saturated heterocycles. The first-order valence-corrected chi connectivity index (χ1v) is 9.31. The number of unbranched alkanes of at least 4 members (excludes halogenated alkanes) is 1. The molecular formula is C19H25F5O4. The van der Waals surface area contributed by atoms with Gasteiger partial charge in [-0.2, -0.15) is 22.0 Å². The van der Waals surface area contributed by atoms with Gasteiger partial charge in [-0.15, -0.1) is 6.58 Å². The van der Waals surface area contributed by atoms with Crippen molar-refractivity contribution in [3.8, 4) is 0 Å². The largest absolute Gasteiger partial charge is 0.465 e. The summed E-state index contributed by atoms with van der Waals surface area (Å²) >= 11 is 0. The van der Waals surface area contributed by atoms with E-state index >= 15 is 0 Å². The molecule has 0 N–H and O–H groups in total. The van der Waals surface area contributed by atoms with Crippen LogP contribution in [0.3, 0.4) is 0 Å². The molecule has 0 aromatic heterocycles. The summed E-state index contributed by atoms with van der Waals surface area (Å²) in [4.78, 5) is 11.2. The predicted octanol–water partition coefficient (Wildman–Crippen LogP) is 4.80. The van der Waals surface area contributed by atoms with Gasteiger partial charge in [-0.3, -0.25) is 0 Å². The molecule has 28 heavy (non-hydrogen) atoms. The van der Waals surface area contributed by atoms with Crippen LogP contribution in [0.15, 0.2) is 24.8 Å². The van der Waals surface area contributed by atoms with Crippen LogP contribution in [0.5, 0.6) is 0 Å². The molecule has 2 aliphatic rings. The molecule has 2 fully saturated rings. The normalized spacial score (nSPS) is 29.6. The molecule has 0 spiro atoms. The zero-order chi connectivity index (χ0) is 20.8. The molecule has 0 amide bonds. The van der Waals surface area contributed by atoms with E-state index in [1.165, 1.54) is 0 Å². The summed E-state index contributed by atoms with van der Waals surface area (Å²) in [5, 5.41) is 0. The third-order valence-electron chi connectivity index (χ3n) is 4.88. The Bertz CT molecular complexity index is 545. The van der Waals surface area contributed by atoms with Crippen LogP contribution in [-0.2, 0) is 19.0 Å². The van der Waals surface area contributed by atoms with Gasteiger partial charge in [0.05, 0.1) is 13.2 Å². The number of alkyl halides is 5. The molecule has 0 unspecified atom stereocenters. The monoisotopic (exact) mass is 412 g/mol. The van der Waals surface area contributed by atoms with E-state index in [0.29, 0.717) is 26.1 Å². The number of carbonyl (C=O) groups is 1. The van der Waals surface area contributed by atoms with Crippen LogP contribution in [-0.4, -0.2) is 43.7 Å². The van der Waals surface area contributed by atoms with Crippen LogP contribution in [0, 0.1) is 11.8 Å². The van der Waals surface area contributed by atoms with Crippen molar-refractivity contribution in [3.05, 3.63) is 24.8 Å². The minimum absolute atomic E-state index is 0.0104. The lowest BCUT2D eigenvalue weighted by Gasteiger charge is -2.37. The first kappa shape index (κ1) is 22.8. The van der Waals surface area contributed by atoms with E-state index in [1.807, 2.05) is 12.2 Å². The molecule has 1 aliphatic carbocycles. The number of rotatable bonds is 7. The van der Waals surface area contributed by atoms with Crippen molar-refractivity contribution in [3.63, 3.8) is 0 Å². The first-order valence-electron chi connectivity index (χ1n) is 9.31. The summed E-state index contributed by atoms with van der Waals surface area (Å²) in [6.07, 6.45) is 1.68. The molecule has 0 radical (unpaired) electrons. The van der Waals surface area contributed by atoms with E-state index in [9.17, 15) is 26.7 Å². The van der Waals surface area contributed by atoms with Crippen molar-refractivity contribution >= 4 is 5.97 Å². The van der Waals surface area contributed by atoms with Crippen LogP contribution < -0.4 is 0 Å². The van der Waals surface area contributed by atoms with E-state index < -0.39 is 30.5 Å². The van der Waals surface area contributed by atoms with Gasteiger partial charge in [0, 0.05) is 11.8 Å². The highest BCUT2D eigenvalue weighted by atomic mass is 19.4. The zero-order valence-electron chi connectivity index (χ0n) is 15.4. The first-order chi connectivity index (χ1) is 13.1. The second kappa shape index (κ2) is 9.82. The van der Waals surface area contributed by atoms with Crippen LogP contribution in [0.25, 0.3) is 0 Å². The number of esters is 1. The highest BCUT2D eigenvalue weighted by molar-refractivity contribution is 5.78. The average Bonchev–Trinajstić information content (AvgIpc) is 2.65.